The molecule has 3 aromatic rings. The molecule has 0 aliphatic carbocycles. The van der Waals surface area contributed by atoms with Gasteiger partial charge in [0.2, 0.25) is 17.7 Å². The molecule has 2 N–H and O–H groups in total. The Hall–Kier alpha value is -3.61. The van der Waals surface area contributed by atoms with Gasteiger partial charge in [-0.1, -0.05) is 51.2 Å². The van der Waals surface area contributed by atoms with Crippen molar-refractivity contribution >= 4 is 30.8 Å². The molecule has 1 amide bonds. The van der Waals surface area contributed by atoms with Gasteiger partial charge in [0, 0.05) is 25.7 Å². The van der Waals surface area contributed by atoms with E-state index in [4.69, 9.17) is 23.4 Å². The standard InChI is InChI=1S/C32H47N5O6Si/c1-22-10-11-23(44(7,8)21-32(2,3)4)20-25(22)43-26-13-12-24(42-26)28(38)34-27-29(39-5)35-31(36-30(27)40-6)33-14-9-15-37-16-18-41-19-17-37/h10-13,20H,9,14-19,21H2,1-8H3,(H,34,38)(H,33,35,36). The van der Waals surface area contributed by atoms with Gasteiger partial charge in [0.15, 0.2) is 11.4 Å². The molecule has 0 spiro atoms. The fourth-order valence-corrected chi connectivity index (χ4v) is 9.48. The van der Waals surface area contributed by atoms with Crippen LogP contribution in [0.15, 0.2) is 34.7 Å². The molecule has 1 saturated heterocycles. The van der Waals surface area contributed by atoms with Crippen molar-refractivity contribution in [2.75, 3.05) is 64.2 Å². The average Bonchev–Trinajstić information content (AvgIpc) is 3.45. The molecule has 0 unspecified atom stereocenters. The van der Waals surface area contributed by atoms with Crippen LogP contribution < -0.4 is 30.0 Å². The van der Waals surface area contributed by atoms with Crippen LogP contribution >= 0.6 is 0 Å². The van der Waals surface area contributed by atoms with Gasteiger partial charge in [-0.3, -0.25) is 9.69 Å². The third-order valence-corrected chi connectivity index (χ3v) is 11.3. The van der Waals surface area contributed by atoms with E-state index in [1.165, 1.54) is 19.4 Å². The fourth-order valence-electron chi connectivity index (χ4n) is 5.57. The van der Waals surface area contributed by atoms with E-state index in [1.54, 1.807) is 12.1 Å². The highest BCUT2D eigenvalue weighted by atomic mass is 28.3. The quantitative estimate of drug-likeness (QED) is 0.185. The number of carbonyl (C=O) groups is 1. The molecule has 0 saturated carbocycles. The van der Waals surface area contributed by atoms with Gasteiger partial charge in [-0.25, -0.2) is 0 Å². The smallest absolute Gasteiger partial charge is 0.291 e. The normalized spacial score (nSPS) is 14.3. The Morgan fingerprint density at radius 2 is 1.73 bits per heavy atom. The lowest BCUT2D eigenvalue weighted by atomic mass is 10.0. The van der Waals surface area contributed by atoms with E-state index in [-0.39, 0.29) is 34.6 Å². The molecule has 12 heteroatoms. The Bertz CT molecular complexity index is 1390. The number of nitrogens with one attached hydrogen (secondary N) is 2. The van der Waals surface area contributed by atoms with Crippen LogP contribution in [0.4, 0.5) is 11.6 Å². The van der Waals surface area contributed by atoms with Crippen molar-refractivity contribution < 1.29 is 28.2 Å². The van der Waals surface area contributed by atoms with Gasteiger partial charge in [-0.05, 0) is 49.0 Å². The first-order valence-corrected chi connectivity index (χ1v) is 18.3. The van der Waals surface area contributed by atoms with E-state index < -0.39 is 14.0 Å². The molecular formula is C32H47N5O6Si. The number of furan rings is 1. The summed E-state index contributed by atoms with van der Waals surface area (Å²) in [7, 11) is 1.24. The van der Waals surface area contributed by atoms with Crippen LogP contribution in [0.3, 0.4) is 0 Å². The topological polar surface area (TPSA) is 120 Å². The number of aryl methyl sites for hydroxylation is 1. The van der Waals surface area contributed by atoms with Crippen molar-refractivity contribution in [2.24, 2.45) is 5.41 Å². The highest BCUT2D eigenvalue weighted by molar-refractivity contribution is 6.89. The minimum Gasteiger partial charge on any atom is -0.479 e. The van der Waals surface area contributed by atoms with Gasteiger partial charge < -0.3 is 34.0 Å². The first-order valence-electron chi connectivity index (χ1n) is 15.1. The summed E-state index contributed by atoms with van der Waals surface area (Å²) in [4.78, 5) is 24.4. The molecule has 0 bridgehead atoms. The first-order chi connectivity index (χ1) is 20.9. The molecule has 11 nitrogen and oxygen atoms in total. The number of benzene rings is 1. The highest BCUT2D eigenvalue weighted by Crippen LogP contribution is 2.34. The number of hydrogen-bond donors (Lipinski definition) is 2. The Labute approximate surface area is 261 Å². The molecule has 1 aliphatic rings. The summed E-state index contributed by atoms with van der Waals surface area (Å²) >= 11 is 0. The van der Waals surface area contributed by atoms with Gasteiger partial charge in [-0.15, -0.1) is 0 Å². The second-order valence-corrected chi connectivity index (χ2v) is 17.7. The van der Waals surface area contributed by atoms with Crippen LogP contribution in [-0.4, -0.2) is 82.5 Å². The molecule has 1 fully saturated rings. The largest absolute Gasteiger partial charge is 0.479 e. The molecule has 0 radical (unpaired) electrons. The number of rotatable bonds is 13. The molecule has 3 heterocycles. The summed E-state index contributed by atoms with van der Waals surface area (Å²) in [6.07, 6.45) is 0.913. The first kappa shape index (κ1) is 33.3. The molecule has 240 valence electrons. The van der Waals surface area contributed by atoms with Crippen LogP contribution in [-0.2, 0) is 4.74 Å². The number of carbonyl (C=O) groups excluding carboxylic acids is 1. The second-order valence-electron chi connectivity index (χ2n) is 13.0. The lowest BCUT2D eigenvalue weighted by molar-refractivity contribution is 0.0378. The SMILES string of the molecule is COc1nc(NCCCN2CCOCC2)nc(OC)c1NC(=O)c1ccc(Oc2cc([Si](C)(C)CC(C)(C)C)ccc2C)o1. The minimum absolute atomic E-state index is 0.0608. The lowest BCUT2D eigenvalue weighted by Crippen LogP contribution is -2.44. The van der Waals surface area contributed by atoms with E-state index >= 15 is 0 Å². The summed E-state index contributed by atoms with van der Waals surface area (Å²) in [5.41, 5.74) is 1.42. The maximum atomic E-state index is 13.2. The van der Waals surface area contributed by atoms with Crippen LogP contribution in [0.2, 0.25) is 19.1 Å². The molecule has 4 rings (SSSR count). The summed E-state index contributed by atoms with van der Waals surface area (Å²) in [5, 5.41) is 7.30. The molecular weight excluding hydrogens is 578 g/mol. The fraction of sp³-hybridized carbons (Fsp3) is 0.531. The van der Waals surface area contributed by atoms with E-state index in [9.17, 15) is 4.79 Å². The number of nitrogens with zero attached hydrogens (tertiary/aromatic N) is 3. The van der Waals surface area contributed by atoms with Crippen LogP contribution in [0.1, 0.15) is 43.3 Å². The Morgan fingerprint density at radius 1 is 1.05 bits per heavy atom. The monoisotopic (exact) mass is 625 g/mol. The third-order valence-electron chi connectivity index (χ3n) is 7.46. The number of anilines is 2. The average molecular weight is 626 g/mol. The molecule has 2 aromatic heterocycles. The molecule has 1 aliphatic heterocycles. The van der Waals surface area contributed by atoms with Crippen molar-refractivity contribution in [3.8, 4) is 23.5 Å². The maximum Gasteiger partial charge on any atom is 0.291 e. The number of aromatic nitrogens is 2. The second kappa shape index (κ2) is 14.4. The predicted octanol–water partition coefficient (Wildman–Crippen LogP) is 5.54. The zero-order valence-electron chi connectivity index (χ0n) is 27.3. The lowest BCUT2D eigenvalue weighted by Gasteiger charge is -2.31. The zero-order chi connectivity index (χ0) is 31.9. The van der Waals surface area contributed by atoms with Crippen molar-refractivity contribution in [2.45, 2.75) is 53.3 Å². The summed E-state index contributed by atoms with van der Waals surface area (Å²) in [6.45, 7) is 18.6. The number of hydrogen-bond acceptors (Lipinski definition) is 10. The predicted molar refractivity (Wildman–Crippen MR) is 175 cm³/mol. The Kier molecular flexibility index (Phi) is 10.9. The third kappa shape index (κ3) is 8.96. The van der Waals surface area contributed by atoms with Gasteiger partial charge in [0.25, 0.3) is 11.9 Å². The number of methoxy groups -OCH3 is 2. The van der Waals surface area contributed by atoms with Gasteiger partial charge in [0.05, 0.1) is 35.5 Å². The Morgan fingerprint density at radius 3 is 2.36 bits per heavy atom. The summed E-state index contributed by atoms with van der Waals surface area (Å²) in [5.74, 6) is 1.15. The summed E-state index contributed by atoms with van der Waals surface area (Å²) < 4.78 is 28.3. The van der Waals surface area contributed by atoms with E-state index in [2.05, 4.69) is 77.6 Å². The highest BCUT2D eigenvalue weighted by Gasteiger charge is 2.30. The Balaban J connectivity index is 1.42. The minimum atomic E-state index is -1.70. The van der Waals surface area contributed by atoms with Gasteiger partial charge in [-0.2, -0.15) is 9.97 Å². The van der Waals surface area contributed by atoms with Crippen LogP contribution in [0.25, 0.3) is 0 Å². The summed E-state index contributed by atoms with van der Waals surface area (Å²) in [6, 6.07) is 10.7. The van der Waals surface area contributed by atoms with Crippen molar-refractivity contribution in [3.63, 3.8) is 0 Å². The maximum absolute atomic E-state index is 13.2. The zero-order valence-corrected chi connectivity index (χ0v) is 28.3. The van der Waals surface area contributed by atoms with Crippen molar-refractivity contribution in [1.29, 1.82) is 0 Å². The van der Waals surface area contributed by atoms with E-state index in [0.29, 0.717) is 18.2 Å². The van der Waals surface area contributed by atoms with Crippen LogP contribution in [0, 0.1) is 12.3 Å². The van der Waals surface area contributed by atoms with Crippen molar-refractivity contribution in [3.05, 3.63) is 41.7 Å². The van der Waals surface area contributed by atoms with Crippen molar-refractivity contribution in [1.82, 2.24) is 14.9 Å². The molecule has 1 aromatic carbocycles. The number of morpholine rings is 1. The number of ether oxygens (including phenoxy) is 4. The number of amides is 1. The van der Waals surface area contributed by atoms with Gasteiger partial charge in [0.1, 0.15) is 5.75 Å². The molecule has 44 heavy (non-hydrogen) atoms. The van der Waals surface area contributed by atoms with Gasteiger partial charge >= 0.3 is 0 Å². The van der Waals surface area contributed by atoms with E-state index in [0.717, 1.165) is 50.9 Å². The van der Waals surface area contributed by atoms with Crippen LogP contribution in [0.5, 0.6) is 23.5 Å². The van der Waals surface area contributed by atoms with E-state index in [1.807, 2.05) is 6.92 Å². The molecule has 0 atom stereocenters.